The molecule has 1 saturated carbocycles. The molecule has 1 aromatic carbocycles. The second-order valence-corrected chi connectivity index (χ2v) is 7.45. The van der Waals surface area contributed by atoms with E-state index in [-0.39, 0.29) is 10.6 Å². The molecule has 3 atom stereocenters. The Morgan fingerprint density at radius 3 is 2.67 bits per heavy atom. The van der Waals surface area contributed by atoms with Crippen LogP contribution in [0.3, 0.4) is 0 Å². The Balaban J connectivity index is 1.55. The molecule has 0 amide bonds. The maximum Gasteiger partial charge on any atom is 0.269 e. The van der Waals surface area contributed by atoms with E-state index in [4.69, 9.17) is 4.99 Å². The van der Waals surface area contributed by atoms with Crippen LogP contribution in [-0.4, -0.2) is 17.2 Å². The van der Waals surface area contributed by atoms with Crippen molar-refractivity contribution in [2.45, 2.75) is 57.4 Å². The molecule has 1 aromatic rings. The lowest BCUT2D eigenvalue weighted by molar-refractivity contribution is -0.384. The van der Waals surface area contributed by atoms with Crippen LogP contribution in [0.15, 0.2) is 40.4 Å². The van der Waals surface area contributed by atoms with Crippen molar-refractivity contribution in [3.8, 4) is 0 Å². The number of nitrogens with zero attached hydrogens (tertiary/aromatic N) is 2. The molecule has 1 fully saturated rings. The first-order valence-corrected chi connectivity index (χ1v) is 9.21. The quantitative estimate of drug-likeness (QED) is 0.337. The normalized spacial score (nSPS) is 29.6. The molecule has 0 aliphatic heterocycles. The minimum Gasteiger partial charge on any atom is -0.288 e. The van der Waals surface area contributed by atoms with Gasteiger partial charge in [0.05, 0.1) is 11.0 Å². The molecule has 0 aromatic heterocycles. The first-order chi connectivity index (χ1) is 11.7. The van der Waals surface area contributed by atoms with Crippen molar-refractivity contribution in [2.24, 2.45) is 16.8 Å². The smallest absolute Gasteiger partial charge is 0.269 e. The standard InChI is InChI=1S/C20H24N2O2/c23-22(24)17-10-8-14(9-11-17)13-21-20-16-5-3-7-19(20)18-6-2-1-4-15(18)12-16/h8-11,13,16,19-20H,1-7,12H2/t16-,19+,20-/m0/s1. The maximum absolute atomic E-state index is 10.8. The summed E-state index contributed by atoms with van der Waals surface area (Å²) in [5, 5.41) is 10.8. The van der Waals surface area contributed by atoms with Crippen molar-refractivity contribution in [1.82, 2.24) is 0 Å². The Kier molecular flexibility index (Phi) is 4.21. The molecule has 0 N–H and O–H groups in total. The minimum atomic E-state index is -0.358. The fourth-order valence-corrected chi connectivity index (χ4v) is 4.94. The maximum atomic E-state index is 10.8. The number of rotatable bonds is 3. The summed E-state index contributed by atoms with van der Waals surface area (Å²) in [4.78, 5) is 15.4. The number of aliphatic imine (C=N–C) groups is 1. The van der Waals surface area contributed by atoms with Gasteiger partial charge in [-0.25, -0.2) is 0 Å². The Morgan fingerprint density at radius 1 is 1.08 bits per heavy atom. The zero-order chi connectivity index (χ0) is 16.5. The van der Waals surface area contributed by atoms with Crippen molar-refractivity contribution in [3.05, 3.63) is 51.1 Å². The highest BCUT2D eigenvalue weighted by atomic mass is 16.6. The number of allylic oxidation sites excluding steroid dienone is 1. The van der Waals surface area contributed by atoms with Crippen LogP contribution in [0.25, 0.3) is 0 Å². The molecule has 0 saturated heterocycles. The molecule has 4 nitrogen and oxygen atoms in total. The number of nitro benzene ring substituents is 1. The van der Waals surface area contributed by atoms with Crippen molar-refractivity contribution in [1.29, 1.82) is 0 Å². The zero-order valence-electron chi connectivity index (χ0n) is 14.0. The lowest BCUT2D eigenvalue weighted by Crippen LogP contribution is -2.38. The van der Waals surface area contributed by atoms with E-state index in [1.807, 2.05) is 6.21 Å². The minimum absolute atomic E-state index is 0.138. The molecule has 4 rings (SSSR count). The molecule has 4 heteroatoms. The molecule has 0 radical (unpaired) electrons. The van der Waals surface area contributed by atoms with Crippen LogP contribution in [0.2, 0.25) is 0 Å². The van der Waals surface area contributed by atoms with Crippen molar-refractivity contribution in [3.63, 3.8) is 0 Å². The number of hydrogen-bond donors (Lipinski definition) is 0. The van der Waals surface area contributed by atoms with Gasteiger partial charge in [-0.2, -0.15) is 0 Å². The van der Waals surface area contributed by atoms with Crippen molar-refractivity contribution >= 4 is 11.9 Å². The van der Waals surface area contributed by atoms with Crippen molar-refractivity contribution in [2.75, 3.05) is 0 Å². The summed E-state index contributed by atoms with van der Waals surface area (Å²) in [6.07, 6.45) is 12.5. The van der Waals surface area contributed by atoms with Gasteiger partial charge in [0.15, 0.2) is 0 Å². The molecule has 126 valence electrons. The van der Waals surface area contributed by atoms with Gasteiger partial charge in [-0.15, -0.1) is 0 Å². The van der Waals surface area contributed by atoms with Gasteiger partial charge in [-0.3, -0.25) is 15.1 Å². The lowest BCUT2D eigenvalue weighted by Gasteiger charge is -2.44. The van der Waals surface area contributed by atoms with Gasteiger partial charge in [-0.05, 0) is 68.6 Å². The predicted octanol–water partition coefficient (Wildman–Crippen LogP) is 5.07. The van der Waals surface area contributed by atoms with E-state index in [1.54, 1.807) is 35.4 Å². The van der Waals surface area contributed by atoms with Crippen LogP contribution in [0.1, 0.15) is 56.9 Å². The predicted molar refractivity (Wildman–Crippen MR) is 95.4 cm³/mol. The molecule has 3 aliphatic rings. The Hall–Kier alpha value is -1.97. The van der Waals surface area contributed by atoms with Crippen LogP contribution in [0.5, 0.6) is 0 Å². The van der Waals surface area contributed by atoms with Gasteiger partial charge >= 0.3 is 0 Å². The molecule has 0 spiro atoms. The molecule has 3 aliphatic carbocycles. The molecular weight excluding hydrogens is 300 g/mol. The molecule has 0 heterocycles. The summed E-state index contributed by atoms with van der Waals surface area (Å²) in [6, 6.07) is 7.14. The highest BCUT2D eigenvalue weighted by molar-refractivity contribution is 5.80. The first-order valence-electron chi connectivity index (χ1n) is 9.21. The number of non-ortho nitro benzene ring substituents is 1. The average Bonchev–Trinajstić information content (AvgIpc) is 2.60. The number of nitro groups is 1. The number of benzene rings is 1. The van der Waals surface area contributed by atoms with Crippen LogP contribution in [0, 0.1) is 22.0 Å². The first kappa shape index (κ1) is 15.6. The fourth-order valence-electron chi connectivity index (χ4n) is 4.94. The van der Waals surface area contributed by atoms with Gasteiger partial charge in [0.2, 0.25) is 0 Å². The molecule has 2 bridgehead atoms. The van der Waals surface area contributed by atoms with Gasteiger partial charge in [-0.1, -0.05) is 17.6 Å². The van der Waals surface area contributed by atoms with Gasteiger partial charge < -0.3 is 0 Å². The second-order valence-electron chi connectivity index (χ2n) is 7.45. The van der Waals surface area contributed by atoms with Gasteiger partial charge in [0, 0.05) is 24.3 Å². The highest BCUT2D eigenvalue weighted by Crippen LogP contribution is 2.49. The Labute approximate surface area is 142 Å². The molecule has 0 unspecified atom stereocenters. The van der Waals surface area contributed by atoms with E-state index in [9.17, 15) is 10.1 Å². The van der Waals surface area contributed by atoms with Gasteiger partial charge in [0.25, 0.3) is 5.69 Å². The van der Waals surface area contributed by atoms with Gasteiger partial charge in [0.1, 0.15) is 0 Å². The third-order valence-corrected chi connectivity index (χ3v) is 6.07. The Bertz CT molecular complexity index is 690. The highest BCUT2D eigenvalue weighted by Gasteiger charge is 2.40. The third kappa shape index (κ3) is 2.90. The molecule has 24 heavy (non-hydrogen) atoms. The van der Waals surface area contributed by atoms with Crippen LogP contribution in [0.4, 0.5) is 5.69 Å². The summed E-state index contributed by atoms with van der Waals surface area (Å²) in [6.45, 7) is 0. The van der Waals surface area contributed by atoms with E-state index >= 15 is 0 Å². The Morgan fingerprint density at radius 2 is 1.88 bits per heavy atom. The summed E-state index contributed by atoms with van der Waals surface area (Å²) >= 11 is 0. The molecular formula is C20H24N2O2. The summed E-state index contributed by atoms with van der Waals surface area (Å²) in [7, 11) is 0. The van der Waals surface area contributed by atoms with Crippen LogP contribution >= 0.6 is 0 Å². The van der Waals surface area contributed by atoms with E-state index in [0.29, 0.717) is 17.9 Å². The van der Waals surface area contributed by atoms with E-state index < -0.39 is 0 Å². The van der Waals surface area contributed by atoms with E-state index in [2.05, 4.69) is 0 Å². The second kappa shape index (κ2) is 6.50. The fraction of sp³-hybridized carbons (Fsp3) is 0.550. The summed E-state index contributed by atoms with van der Waals surface area (Å²) < 4.78 is 0. The summed E-state index contributed by atoms with van der Waals surface area (Å²) in [5.74, 6) is 1.36. The van der Waals surface area contributed by atoms with Crippen molar-refractivity contribution < 1.29 is 4.92 Å². The SMILES string of the molecule is O=[N+]([O-])c1ccc(C=N[C@H]2[C@H]3CCC[C@@H]2C2=C(CCCC2)C3)cc1. The number of hydrogen-bond acceptors (Lipinski definition) is 3. The lowest BCUT2D eigenvalue weighted by atomic mass is 9.63. The average molecular weight is 324 g/mol. The van der Waals surface area contributed by atoms with Crippen LogP contribution < -0.4 is 0 Å². The van der Waals surface area contributed by atoms with Crippen LogP contribution in [-0.2, 0) is 0 Å². The topological polar surface area (TPSA) is 55.5 Å². The summed E-state index contributed by atoms with van der Waals surface area (Å²) in [5.41, 5.74) is 4.60. The third-order valence-electron chi connectivity index (χ3n) is 6.07. The van der Waals surface area contributed by atoms with E-state index in [1.165, 1.54) is 51.4 Å². The largest absolute Gasteiger partial charge is 0.288 e. The zero-order valence-corrected chi connectivity index (χ0v) is 14.0. The monoisotopic (exact) mass is 324 g/mol. The number of fused-ring (bicyclic) bond motifs is 3. The van der Waals surface area contributed by atoms with E-state index in [0.717, 1.165) is 5.56 Å².